The van der Waals surface area contributed by atoms with Crippen LogP contribution in [-0.4, -0.2) is 74.7 Å². The molecule has 1 aliphatic rings. The van der Waals surface area contributed by atoms with Gasteiger partial charge in [-0.3, -0.25) is 23.8 Å². The third-order valence-electron chi connectivity index (χ3n) is 5.57. The quantitative estimate of drug-likeness (QED) is 0.566. The predicted molar refractivity (Wildman–Crippen MR) is 119 cm³/mol. The second kappa shape index (κ2) is 9.23. The Labute approximate surface area is 179 Å². The number of aromatic nitrogens is 3. The summed E-state index contributed by atoms with van der Waals surface area (Å²) in [6, 6.07) is 11.2. The third-order valence-corrected chi connectivity index (χ3v) is 5.57. The summed E-state index contributed by atoms with van der Waals surface area (Å²) in [5, 5.41) is 16.0. The van der Waals surface area contributed by atoms with Crippen LogP contribution in [0.4, 0.5) is 0 Å². The largest absolute Gasteiger partial charge is 0.395 e. The zero-order valence-corrected chi connectivity index (χ0v) is 17.5. The molecule has 0 saturated carbocycles. The zero-order valence-electron chi connectivity index (χ0n) is 17.5. The van der Waals surface area contributed by atoms with E-state index in [1.165, 1.54) is 9.13 Å². The van der Waals surface area contributed by atoms with Crippen molar-refractivity contribution in [3.05, 3.63) is 74.6 Å². The van der Waals surface area contributed by atoms with Gasteiger partial charge in [0.15, 0.2) is 0 Å². The van der Waals surface area contributed by atoms with Gasteiger partial charge >= 0.3 is 5.69 Å². The number of hydrogen-bond acceptors (Lipinski definition) is 7. The molecule has 9 nitrogen and oxygen atoms in total. The summed E-state index contributed by atoms with van der Waals surface area (Å²) in [6.45, 7) is 4.16. The normalized spacial score (nSPS) is 15.2. The summed E-state index contributed by atoms with van der Waals surface area (Å²) in [5.41, 5.74) is 1.08. The molecule has 3 aromatic rings. The van der Waals surface area contributed by atoms with Gasteiger partial charge in [0, 0.05) is 51.5 Å². The van der Waals surface area contributed by atoms with E-state index in [9.17, 15) is 9.59 Å². The standard InChI is InChI=1S/C22H26N6O3/c1-25-20-19(21(30)28(22(25)31)16-17-5-3-2-4-6-17)18(7-8-23-20)15-24-27-11-9-26(10-12-27)13-14-29/h2-8,15,29H,9-14,16H2,1H3. The number of benzene rings is 1. The molecule has 0 aliphatic carbocycles. The lowest BCUT2D eigenvalue weighted by atomic mass is 10.2. The number of rotatable bonds is 6. The fourth-order valence-corrected chi connectivity index (χ4v) is 3.81. The lowest BCUT2D eigenvalue weighted by molar-refractivity contribution is 0.115. The molecule has 1 saturated heterocycles. The number of β-amino-alcohol motifs (C(OH)–C–C–N with tert-alkyl or cyclic N) is 1. The lowest BCUT2D eigenvalue weighted by Crippen LogP contribution is -2.45. The molecular formula is C22H26N6O3. The van der Waals surface area contributed by atoms with E-state index in [1.54, 1.807) is 25.5 Å². The lowest BCUT2D eigenvalue weighted by Gasteiger charge is -2.32. The van der Waals surface area contributed by atoms with Crippen LogP contribution >= 0.6 is 0 Å². The Morgan fingerprint density at radius 3 is 2.55 bits per heavy atom. The second-order valence-electron chi connectivity index (χ2n) is 7.58. The first-order valence-electron chi connectivity index (χ1n) is 10.3. The van der Waals surface area contributed by atoms with Gasteiger partial charge in [-0.15, -0.1) is 0 Å². The summed E-state index contributed by atoms with van der Waals surface area (Å²) in [7, 11) is 1.62. The van der Waals surface area contributed by atoms with Crippen molar-refractivity contribution in [2.24, 2.45) is 12.1 Å². The van der Waals surface area contributed by atoms with Crippen LogP contribution in [-0.2, 0) is 13.6 Å². The number of hydrogen-bond donors (Lipinski definition) is 1. The molecule has 2 aromatic heterocycles. The highest BCUT2D eigenvalue weighted by Crippen LogP contribution is 2.11. The van der Waals surface area contributed by atoms with Crippen molar-refractivity contribution >= 4 is 17.2 Å². The molecule has 31 heavy (non-hydrogen) atoms. The highest BCUT2D eigenvalue weighted by Gasteiger charge is 2.17. The minimum atomic E-state index is -0.400. The molecule has 0 unspecified atom stereocenters. The Hall–Kier alpha value is -3.30. The van der Waals surface area contributed by atoms with Gasteiger partial charge in [-0.1, -0.05) is 30.3 Å². The number of piperazine rings is 1. The zero-order chi connectivity index (χ0) is 21.8. The van der Waals surface area contributed by atoms with Crippen molar-refractivity contribution < 1.29 is 5.11 Å². The van der Waals surface area contributed by atoms with Crippen LogP contribution < -0.4 is 11.2 Å². The number of aliphatic hydroxyl groups excluding tert-OH is 1. The van der Waals surface area contributed by atoms with Gasteiger partial charge in [0.1, 0.15) is 5.65 Å². The molecule has 1 N–H and O–H groups in total. The van der Waals surface area contributed by atoms with Crippen molar-refractivity contribution in [2.45, 2.75) is 6.54 Å². The Morgan fingerprint density at radius 2 is 1.84 bits per heavy atom. The Morgan fingerprint density at radius 1 is 1.10 bits per heavy atom. The van der Waals surface area contributed by atoms with Crippen LogP contribution in [0.3, 0.4) is 0 Å². The fourth-order valence-electron chi connectivity index (χ4n) is 3.81. The van der Waals surface area contributed by atoms with Crippen molar-refractivity contribution in [3.63, 3.8) is 0 Å². The molecule has 1 aliphatic heterocycles. The van der Waals surface area contributed by atoms with Crippen LogP contribution in [0, 0.1) is 0 Å². The summed E-state index contributed by atoms with van der Waals surface area (Å²) in [6.07, 6.45) is 3.26. The monoisotopic (exact) mass is 422 g/mol. The number of pyridine rings is 1. The van der Waals surface area contributed by atoms with Crippen LogP contribution in [0.1, 0.15) is 11.1 Å². The van der Waals surface area contributed by atoms with Gasteiger partial charge in [0.25, 0.3) is 5.56 Å². The highest BCUT2D eigenvalue weighted by molar-refractivity contribution is 5.96. The Bertz CT molecular complexity index is 1190. The smallest absolute Gasteiger partial charge is 0.332 e. The molecule has 0 amide bonds. The predicted octanol–water partition coefficient (Wildman–Crippen LogP) is 0.0873. The highest BCUT2D eigenvalue weighted by atomic mass is 16.3. The van der Waals surface area contributed by atoms with E-state index in [0.29, 0.717) is 23.1 Å². The van der Waals surface area contributed by atoms with E-state index in [4.69, 9.17) is 5.11 Å². The Kier molecular flexibility index (Phi) is 6.24. The molecular weight excluding hydrogens is 396 g/mol. The van der Waals surface area contributed by atoms with E-state index in [-0.39, 0.29) is 18.7 Å². The first-order chi connectivity index (χ1) is 15.1. The van der Waals surface area contributed by atoms with Crippen molar-refractivity contribution in [1.82, 2.24) is 24.0 Å². The maximum atomic E-state index is 13.3. The molecule has 0 bridgehead atoms. The summed E-state index contributed by atoms with van der Waals surface area (Å²) >= 11 is 0. The van der Waals surface area contributed by atoms with E-state index in [1.807, 2.05) is 35.3 Å². The first kappa shape index (κ1) is 21.0. The number of hydrazone groups is 1. The summed E-state index contributed by atoms with van der Waals surface area (Å²) in [5.74, 6) is 0. The van der Waals surface area contributed by atoms with Crippen LogP contribution in [0.2, 0.25) is 0 Å². The van der Waals surface area contributed by atoms with Crippen LogP contribution in [0.15, 0.2) is 57.3 Å². The average Bonchev–Trinajstić information content (AvgIpc) is 2.80. The molecule has 1 fully saturated rings. The molecule has 162 valence electrons. The molecule has 9 heteroatoms. The van der Waals surface area contributed by atoms with Gasteiger partial charge in [0.05, 0.1) is 24.8 Å². The van der Waals surface area contributed by atoms with Gasteiger partial charge in [-0.2, -0.15) is 5.10 Å². The number of nitrogens with zero attached hydrogens (tertiary/aromatic N) is 6. The van der Waals surface area contributed by atoms with Crippen LogP contribution in [0.25, 0.3) is 11.0 Å². The SMILES string of the molecule is Cn1c(=O)n(Cc2ccccc2)c(=O)c2c(C=NN3CCN(CCO)CC3)ccnc21. The average molecular weight is 422 g/mol. The minimum Gasteiger partial charge on any atom is -0.395 e. The number of aryl methyl sites for hydroxylation is 1. The minimum absolute atomic E-state index is 0.153. The van der Waals surface area contributed by atoms with E-state index in [0.717, 1.165) is 31.7 Å². The van der Waals surface area contributed by atoms with Gasteiger partial charge in [-0.25, -0.2) is 9.78 Å². The van der Waals surface area contributed by atoms with E-state index in [2.05, 4.69) is 15.0 Å². The molecule has 0 atom stereocenters. The molecule has 0 spiro atoms. The maximum absolute atomic E-state index is 13.3. The maximum Gasteiger partial charge on any atom is 0.332 e. The van der Waals surface area contributed by atoms with E-state index < -0.39 is 5.69 Å². The van der Waals surface area contributed by atoms with Crippen LogP contribution in [0.5, 0.6) is 0 Å². The van der Waals surface area contributed by atoms with E-state index >= 15 is 0 Å². The van der Waals surface area contributed by atoms with Crippen molar-refractivity contribution in [2.75, 3.05) is 39.3 Å². The summed E-state index contributed by atoms with van der Waals surface area (Å²) < 4.78 is 2.65. The summed E-state index contributed by atoms with van der Waals surface area (Å²) in [4.78, 5) is 32.6. The van der Waals surface area contributed by atoms with Gasteiger partial charge in [-0.05, 0) is 11.6 Å². The molecule has 3 heterocycles. The fraction of sp³-hybridized carbons (Fsp3) is 0.364. The van der Waals surface area contributed by atoms with Gasteiger partial charge < -0.3 is 5.11 Å². The Balaban J connectivity index is 1.69. The van der Waals surface area contributed by atoms with Crippen molar-refractivity contribution in [1.29, 1.82) is 0 Å². The topological polar surface area (TPSA) is 96.0 Å². The number of aliphatic hydroxyl groups is 1. The molecule has 1 aromatic carbocycles. The molecule has 0 radical (unpaired) electrons. The number of fused-ring (bicyclic) bond motifs is 1. The van der Waals surface area contributed by atoms with Gasteiger partial charge in [0.2, 0.25) is 0 Å². The third kappa shape index (κ3) is 4.42. The first-order valence-corrected chi connectivity index (χ1v) is 10.3. The molecule has 4 rings (SSSR count). The second-order valence-corrected chi connectivity index (χ2v) is 7.58. The van der Waals surface area contributed by atoms with Crippen molar-refractivity contribution in [3.8, 4) is 0 Å².